The molecule has 0 radical (unpaired) electrons. The van der Waals surface area contributed by atoms with Gasteiger partial charge >= 0.3 is 0 Å². The van der Waals surface area contributed by atoms with E-state index >= 15 is 0 Å². The van der Waals surface area contributed by atoms with Crippen LogP contribution in [0, 0.1) is 6.92 Å². The second-order valence-electron chi connectivity index (χ2n) is 5.50. The lowest BCUT2D eigenvalue weighted by molar-refractivity contribution is 0.102. The van der Waals surface area contributed by atoms with Crippen LogP contribution in [0.25, 0.3) is 0 Å². The number of nitrogens with zero attached hydrogens (tertiary/aromatic N) is 1. The van der Waals surface area contributed by atoms with Gasteiger partial charge in [-0.2, -0.15) is 0 Å². The number of anilines is 3. The summed E-state index contributed by atoms with van der Waals surface area (Å²) in [6.45, 7) is 1.99. The number of pyridine rings is 1. The Kier molecular flexibility index (Phi) is 5.22. The van der Waals surface area contributed by atoms with E-state index in [-0.39, 0.29) is 5.91 Å². The predicted octanol–water partition coefficient (Wildman–Crippen LogP) is 5.69. The molecule has 2 aromatic carbocycles. The summed E-state index contributed by atoms with van der Waals surface area (Å²) in [7, 11) is 0. The van der Waals surface area contributed by atoms with E-state index in [1.54, 1.807) is 30.5 Å². The minimum atomic E-state index is -0.245. The zero-order valence-electron chi connectivity index (χ0n) is 13.4. The summed E-state index contributed by atoms with van der Waals surface area (Å²) in [6, 6.07) is 14.5. The van der Waals surface area contributed by atoms with Crippen molar-refractivity contribution in [1.29, 1.82) is 0 Å². The zero-order chi connectivity index (χ0) is 17.8. The molecule has 0 saturated heterocycles. The molecule has 0 aliphatic rings. The fraction of sp³-hybridized carbons (Fsp3) is 0.0526. The van der Waals surface area contributed by atoms with Crippen molar-refractivity contribution < 1.29 is 4.79 Å². The molecule has 0 atom stereocenters. The third kappa shape index (κ3) is 4.29. The molecule has 0 fully saturated rings. The Bertz CT molecular complexity index is 891. The van der Waals surface area contributed by atoms with Gasteiger partial charge in [0.2, 0.25) is 0 Å². The highest BCUT2D eigenvalue weighted by Gasteiger charge is 2.10. The topological polar surface area (TPSA) is 54.0 Å². The van der Waals surface area contributed by atoms with E-state index in [4.69, 9.17) is 23.2 Å². The maximum absolute atomic E-state index is 12.4. The molecule has 1 amide bonds. The number of amides is 1. The van der Waals surface area contributed by atoms with Crippen LogP contribution in [0.5, 0.6) is 0 Å². The number of nitrogens with one attached hydrogen (secondary N) is 2. The Balaban J connectivity index is 1.79. The molecule has 0 unspecified atom stereocenters. The second kappa shape index (κ2) is 7.55. The fourth-order valence-electron chi connectivity index (χ4n) is 2.23. The molecule has 3 rings (SSSR count). The predicted molar refractivity (Wildman–Crippen MR) is 103 cm³/mol. The van der Waals surface area contributed by atoms with Crippen molar-refractivity contribution in [3.8, 4) is 0 Å². The van der Waals surface area contributed by atoms with Crippen molar-refractivity contribution in [3.63, 3.8) is 0 Å². The number of benzene rings is 2. The Morgan fingerprint density at radius 2 is 1.64 bits per heavy atom. The van der Waals surface area contributed by atoms with Gasteiger partial charge in [0.05, 0.1) is 33.2 Å². The van der Waals surface area contributed by atoms with Gasteiger partial charge in [0.25, 0.3) is 5.91 Å². The molecular formula is C19H15Cl2N3O. The first-order chi connectivity index (χ1) is 12.0. The number of hydrogen-bond acceptors (Lipinski definition) is 3. The van der Waals surface area contributed by atoms with E-state index in [1.807, 2.05) is 31.2 Å². The first kappa shape index (κ1) is 17.3. The molecule has 0 aliphatic heterocycles. The quantitative estimate of drug-likeness (QED) is 0.618. The maximum atomic E-state index is 12.4. The van der Waals surface area contributed by atoms with Crippen molar-refractivity contribution in [2.45, 2.75) is 6.92 Å². The zero-order valence-corrected chi connectivity index (χ0v) is 14.9. The van der Waals surface area contributed by atoms with Crippen LogP contribution in [0.2, 0.25) is 10.0 Å². The van der Waals surface area contributed by atoms with Gasteiger partial charge in [0, 0.05) is 11.9 Å². The van der Waals surface area contributed by atoms with Crippen molar-refractivity contribution in [3.05, 3.63) is 82.1 Å². The van der Waals surface area contributed by atoms with Crippen molar-refractivity contribution >= 4 is 46.2 Å². The number of hydrogen-bond donors (Lipinski definition) is 2. The molecule has 126 valence electrons. The minimum Gasteiger partial charge on any atom is -0.352 e. The van der Waals surface area contributed by atoms with Gasteiger partial charge < -0.3 is 10.6 Å². The molecule has 0 aliphatic carbocycles. The summed E-state index contributed by atoms with van der Waals surface area (Å²) in [5.41, 5.74) is 3.47. The largest absolute Gasteiger partial charge is 0.352 e. The Morgan fingerprint density at radius 3 is 2.32 bits per heavy atom. The summed E-state index contributed by atoms with van der Waals surface area (Å²) in [4.78, 5) is 16.5. The van der Waals surface area contributed by atoms with Gasteiger partial charge in [-0.05, 0) is 37.3 Å². The van der Waals surface area contributed by atoms with Crippen LogP contribution in [0.4, 0.5) is 17.1 Å². The summed E-state index contributed by atoms with van der Waals surface area (Å²) in [5.74, 6) is -0.245. The van der Waals surface area contributed by atoms with Crippen molar-refractivity contribution in [2.24, 2.45) is 0 Å². The second-order valence-corrected chi connectivity index (χ2v) is 6.32. The lowest BCUT2D eigenvalue weighted by Crippen LogP contribution is -2.12. The fourth-order valence-corrected chi connectivity index (χ4v) is 2.73. The van der Waals surface area contributed by atoms with Gasteiger partial charge in [-0.3, -0.25) is 9.78 Å². The number of aromatic nitrogens is 1. The van der Waals surface area contributed by atoms with E-state index in [0.29, 0.717) is 27.0 Å². The van der Waals surface area contributed by atoms with Crippen LogP contribution in [0.1, 0.15) is 15.9 Å². The monoisotopic (exact) mass is 371 g/mol. The summed E-state index contributed by atoms with van der Waals surface area (Å²) < 4.78 is 0. The molecule has 2 N–H and O–H groups in total. The van der Waals surface area contributed by atoms with E-state index in [0.717, 1.165) is 11.3 Å². The van der Waals surface area contributed by atoms with Gasteiger partial charge in [-0.15, -0.1) is 0 Å². The van der Waals surface area contributed by atoms with E-state index < -0.39 is 0 Å². The molecule has 0 bridgehead atoms. The number of aryl methyl sites for hydroxylation is 1. The molecule has 6 heteroatoms. The average molecular weight is 372 g/mol. The van der Waals surface area contributed by atoms with Crippen LogP contribution in [-0.4, -0.2) is 10.9 Å². The highest BCUT2D eigenvalue weighted by atomic mass is 35.5. The standard InChI is InChI=1S/C19H15Cl2N3O/c1-12-5-7-14(8-6-12)24-19(25)13-9-15(11-22-10-13)23-18-16(20)3-2-4-17(18)21/h2-11,23H,1H3,(H,24,25). The van der Waals surface area contributed by atoms with Gasteiger partial charge in [0.1, 0.15) is 0 Å². The van der Waals surface area contributed by atoms with E-state index in [1.165, 1.54) is 6.20 Å². The maximum Gasteiger partial charge on any atom is 0.257 e. The molecular weight excluding hydrogens is 357 g/mol. The lowest BCUT2D eigenvalue weighted by Gasteiger charge is -2.11. The summed E-state index contributed by atoms with van der Waals surface area (Å²) in [5, 5.41) is 6.92. The number of carbonyl (C=O) groups excluding carboxylic acids is 1. The van der Waals surface area contributed by atoms with Crippen molar-refractivity contribution in [1.82, 2.24) is 4.98 Å². The van der Waals surface area contributed by atoms with Crippen LogP contribution >= 0.6 is 23.2 Å². The summed E-state index contributed by atoms with van der Waals surface area (Å²) in [6.07, 6.45) is 3.10. The van der Waals surface area contributed by atoms with Crippen LogP contribution in [0.15, 0.2) is 60.9 Å². The van der Waals surface area contributed by atoms with Crippen LogP contribution in [-0.2, 0) is 0 Å². The van der Waals surface area contributed by atoms with Crippen LogP contribution < -0.4 is 10.6 Å². The molecule has 1 heterocycles. The highest BCUT2D eigenvalue weighted by Crippen LogP contribution is 2.32. The molecule has 4 nitrogen and oxygen atoms in total. The molecule has 0 spiro atoms. The summed E-state index contributed by atoms with van der Waals surface area (Å²) >= 11 is 12.3. The Morgan fingerprint density at radius 1 is 0.960 bits per heavy atom. The first-order valence-electron chi connectivity index (χ1n) is 7.57. The third-order valence-electron chi connectivity index (χ3n) is 3.54. The average Bonchev–Trinajstić information content (AvgIpc) is 2.60. The lowest BCUT2D eigenvalue weighted by atomic mass is 10.2. The molecule has 0 saturated carbocycles. The Hall–Kier alpha value is -2.56. The third-order valence-corrected chi connectivity index (χ3v) is 4.17. The van der Waals surface area contributed by atoms with Crippen LogP contribution in [0.3, 0.4) is 0 Å². The van der Waals surface area contributed by atoms with Gasteiger partial charge in [0.15, 0.2) is 0 Å². The normalized spacial score (nSPS) is 10.4. The van der Waals surface area contributed by atoms with Gasteiger partial charge in [-0.1, -0.05) is 47.0 Å². The van der Waals surface area contributed by atoms with E-state index in [2.05, 4.69) is 15.6 Å². The number of halogens is 2. The minimum absolute atomic E-state index is 0.245. The number of para-hydroxylation sites is 1. The number of carbonyl (C=O) groups is 1. The SMILES string of the molecule is Cc1ccc(NC(=O)c2cncc(Nc3c(Cl)cccc3Cl)c2)cc1. The molecule has 3 aromatic rings. The first-order valence-corrected chi connectivity index (χ1v) is 8.32. The van der Waals surface area contributed by atoms with E-state index in [9.17, 15) is 4.79 Å². The van der Waals surface area contributed by atoms with Crippen molar-refractivity contribution in [2.75, 3.05) is 10.6 Å². The molecule has 1 aromatic heterocycles. The molecule has 25 heavy (non-hydrogen) atoms. The smallest absolute Gasteiger partial charge is 0.257 e. The Labute approximate surface area is 155 Å². The highest BCUT2D eigenvalue weighted by molar-refractivity contribution is 6.39. The van der Waals surface area contributed by atoms with Gasteiger partial charge in [-0.25, -0.2) is 0 Å². The number of rotatable bonds is 4.